The summed E-state index contributed by atoms with van der Waals surface area (Å²) in [4.78, 5) is 11.8. The number of hydrogen-bond donors (Lipinski definition) is 1. The van der Waals surface area contributed by atoms with Gasteiger partial charge in [0, 0.05) is 5.02 Å². The first-order valence-corrected chi connectivity index (χ1v) is 6.90. The second-order valence-electron chi connectivity index (χ2n) is 4.71. The molecule has 0 bridgehead atoms. The third kappa shape index (κ3) is 3.44. The Kier molecular flexibility index (Phi) is 5.52. The summed E-state index contributed by atoms with van der Waals surface area (Å²) in [7, 11) is 0. The van der Waals surface area contributed by atoms with Gasteiger partial charge in [-0.05, 0) is 31.5 Å². The van der Waals surface area contributed by atoms with E-state index in [1.165, 1.54) is 38.1 Å². The summed E-state index contributed by atoms with van der Waals surface area (Å²) >= 11 is 16.7. The molecule has 1 N–H and O–H groups in total. The Labute approximate surface area is 137 Å². The van der Waals surface area contributed by atoms with Crippen LogP contribution >= 0.6 is 34.8 Å². The molecule has 0 fully saturated rings. The number of rotatable bonds is 5. The highest BCUT2D eigenvalue weighted by atomic mass is 35.5. The van der Waals surface area contributed by atoms with Gasteiger partial charge in [0.05, 0.1) is 6.07 Å². The molecule has 0 aliphatic heterocycles. The van der Waals surface area contributed by atoms with E-state index in [9.17, 15) is 15.2 Å². The lowest BCUT2D eigenvalue weighted by atomic mass is 9.69. The minimum absolute atomic E-state index is 0.184. The Morgan fingerprint density at radius 1 is 1.33 bits per heavy atom. The lowest BCUT2D eigenvalue weighted by molar-refractivity contribution is -0.150. The van der Waals surface area contributed by atoms with Gasteiger partial charge in [0.15, 0.2) is 0 Å². The van der Waals surface area contributed by atoms with Crippen LogP contribution in [0, 0.1) is 11.3 Å². The van der Waals surface area contributed by atoms with Gasteiger partial charge in [0.1, 0.15) is 16.4 Å². The zero-order valence-electron chi connectivity index (χ0n) is 11.2. The second-order valence-corrected chi connectivity index (χ2v) is 6.15. The molecule has 0 saturated heterocycles. The highest BCUT2D eigenvalue weighted by molar-refractivity contribution is 6.55. The SMILES string of the molecule is CC(C)(OC=C(Cl)Cl)[C@](C#N)(C(=O)O)c1ccc(Cl)cc1. The number of halogens is 3. The molecule has 7 heteroatoms. The van der Waals surface area contributed by atoms with E-state index in [1.54, 1.807) is 0 Å². The van der Waals surface area contributed by atoms with E-state index in [-0.39, 0.29) is 10.1 Å². The number of benzene rings is 1. The molecule has 21 heavy (non-hydrogen) atoms. The van der Waals surface area contributed by atoms with Gasteiger partial charge in [-0.3, -0.25) is 0 Å². The first kappa shape index (κ1) is 17.6. The van der Waals surface area contributed by atoms with E-state index < -0.39 is 17.0 Å². The third-order valence-electron chi connectivity index (χ3n) is 3.11. The van der Waals surface area contributed by atoms with Crippen molar-refractivity contribution >= 4 is 40.8 Å². The molecule has 0 saturated carbocycles. The summed E-state index contributed by atoms with van der Waals surface area (Å²) in [5.41, 5.74) is -3.15. The molecule has 0 aliphatic rings. The maximum absolute atomic E-state index is 11.8. The highest BCUT2D eigenvalue weighted by Gasteiger charge is 2.55. The summed E-state index contributed by atoms with van der Waals surface area (Å²) in [5, 5.41) is 19.6. The van der Waals surface area contributed by atoms with Crippen LogP contribution < -0.4 is 0 Å². The molecule has 1 rings (SSSR count). The summed E-state index contributed by atoms with van der Waals surface area (Å²) < 4.78 is 5.15. The molecule has 0 radical (unpaired) electrons. The van der Waals surface area contributed by atoms with Crippen LogP contribution in [0.3, 0.4) is 0 Å². The molecule has 0 heterocycles. The maximum Gasteiger partial charge on any atom is 0.332 e. The lowest BCUT2D eigenvalue weighted by Gasteiger charge is -2.37. The molecule has 0 aromatic heterocycles. The van der Waals surface area contributed by atoms with Crippen molar-refractivity contribution in [2.24, 2.45) is 0 Å². The Hall–Kier alpha value is -1.41. The highest BCUT2D eigenvalue weighted by Crippen LogP contribution is 2.39. The fraction of sp³-hybridized carbons (Fsp3) is 0.286. The van der Waals surface area contributed by atoms with Crippen LogP contribution in [-0.2, 0) is 14.9 Å². The van der Waals surface area contributed by atoms with Crippen LogP contribution in [-0.4, -0.2) is 16.7 Å². The number of aliphatic carboxylic acids is 1. The lowest BCUT2D eigenvalue weighted by Crippen LogP contribution is -2.53. The average molecular weight is 349 g/mol. The van der Waals surface area contributed by atoms with Crippen LogP contribution in [0.2, 0.25) is 5.02 Å². The monoisotopic (exact) mass is 347 g/mol. The van der Waals surface area contributed by atoms with E-state index in [4.69, 9.17) is 39.5 Å². The molecule has 1 aromatic carbocycles. The van der Waals surface area contributed by atoms with Crippen molar-refractivity contribution < 1.29 is 14.6 Å². The van der Waals surface area contributed by atoms with Gasteiger partial charge in [0.2, 0.25) is 5.41 Å². The van der Waals surface area contributed by atoms with Gasteiger partial charge >= 0.3 is 5.97 Å². The van der Waals surface area contributed by atoms with Crippen LogP contribution in [0.15, 0.2) is 35.0 Å². The fourth-order valence-electron chi connectivity index (χ4n) is 1.96. The minimum atomic E-state index is -1.96. The number of carboxylic acids is 1. The molecule has 1 aromatic rings. The summed E-state index contributed by atoms with van der Waals surface area (Å²) in [5.74, 6) is -1.35. The van der Waals surface area contributed by atoms with Crippen molar-refractivity contribution in [1.29, 1.82) is 5.26 Å². The molecule has 0 aliphatic carbocycles. The van der Waals surface area contributed by atoms with Crippen molar-refractivity contribution in [3.05, 3.63) is 45.6 Å². The molecule has 4 nitrogen and oxygen atoms in total. The normalized spacial score (nSPS) is 13.7. The summed E-state index contributed by atoms with van der Waals surface area (Å²) in [6, 6.07) is 7.78. The average Bonchev–Trinajstić information content (AvgIpc) is 2.39. The van der Waals surface area contributed by atoms with E-state index in [2.05, 4.69) is 0 Å². The number of carboxylic acid groups (broad SMARTS) is 1. The van der Waals surface area contributed by atoms with Crippen LogP contribution in [0.5, 0.6) is 0 Å². The Bertz CT molecular complexity index is 601. The number of hydrogen-bond acceptors (Lipinski definition) is 3. The van der Waals surface area contributed by atoms with Gasteiger partial charge in [-0.15, -0.1) is 0 Å². The number of carbonyl (C=O) groups is 1. The largest absolute Gasteiger partial charge is 0.490 e. The van der Waals surface area contributed by atoms with Crippen LogP contribution in [0.4, 0.5) is 0 Å². The van der Waals surface area contributed by atoms with E-state index in [1.807, 2.05) is 6.07 Å². The standard InChI is InChI=1S/C14H12Cl3NO3/c1-13(2,21-7-11(16)17)14(8-18,12(19)20)9-3-5-10(15)6-4-9/h3-7H,1-2H3,(H,19,20)/t14-/m0/s1. The van der Waals surface area contributed by atoms with Gasteiger partial charge in [-0.1, -0.05) is 46.9 Å². The van der Waals surface area contributed by atoms with Gasteiger partial charge in [0.25, 0.3) is 0 Å². The van der Waals surface area contributed by atoms with Crippen molar-refractivity contribution in [3.63, 3.8) is 0 Å². The predicted octanol–water partition coefficient (Wildman–Crippen LogP) is 4.26. The molecular weight excluding hydrogens is 337 g/mol. The Morgan fingerprint density at radius 3 is 2.24 bits per heavy atom. The molecule has 0 amide bonds. The van der Waals surface area contributed by atoms with Gasteiger partial charge in [-0.25, -0.2) is 4.79 Å². The second kappa shape index (κ2) is 6.57. The number of nitriles is 1. The minimum Gasteiger partial charge on any atom is -0.490 e. The van der Waals surface area contributed by atoms with Crippen molar-refractivity contribution in [1.82, 2.24) is 0 Å². The topological polar surface area (TPSA) is 70.3 Å². The zero-order valence-corrected chi connectivity index (χ0v) is 13.5. The van der Waals surface area contributed by atoms with E-state index in [0.29, 0.717) is 5.02 Å². The van der Waals surface area contributed by atoms with Gasteiger partial charge < -0.3 is 9.84 Å². The smallest absolute Gasteiger partial charge is 0.332 e. The van der Waals surface area contributed by atoms with Crippen molar-refractivity contribution in [2.75, 3.05) is 0 Å². The third-order valence-corrected chi connectivity index (χ3v) is 3.54. The van der Waals surface area contributed by atoms with Crippen molar-refractivity contribution in [2.45, 2.75) is 24.9 Å². The predicted molar refractivity (Wildman–Crippen MR) is 81.3 cm³/mol. The Morgan fingerprint density at radius 2 is 1.86 bits per heavy atom. The van der Waals surface area contributed by atoms with Crippen LogP contribution in [0.25, 0.3) is 0 Å². The molecular formula is C14H12Cl3NO3. The van der Waals surface area contributed by atoms with Crippen molar-refractivity contribution in [3.8, 4) is 6.07 Å². The summed E-state index contributed by atoms with van der Waals surface area (Å²) in [6.45, 7) is 2.93. The molecule has 0 unspecified atom stereocenters. The zero-order chi connectivity index (χ0) is 16.3. The molecule has 1 atom stereocenters. The fourth-order valence-corrected chi connectivity index (χ4v) is 2.17. The number of nitrogens with zero attached hydrogens (tertiary/aromatic N) is 1. The quantitative estimate of drug-likeness (QED) is 0.807. The molecule has 112 valence electrons. The summed E-state index contributed by atoms with van der Waals surface area (Å²) in [6.07, 6.45) is 0.994. The maximum atomic E-state index is 11.8. The van der Waals surface area contributed by atoms with Gasteiger partial charge in [-0.2, -0.15) is 5.26 Å². The first-order valence-electron chi connectivity index (χ1n) is 5.77. The number of ether oxygens (including phenoxy) is 1. The van der Waals surface area contributed by atoms with E-state index in [0.717, 1.165) is 6.26 Å². The Balaban J connectivity index is 3.47. The molecule has 0 spiro atoms. The van der Waals surface area contributed by atoms with E-state index >= 15 is 0 Å². The first-order chi connectivity index (χ1) is 9.67. The van der Waals surface area contributed by atoms with Crippen LogP contribution in [0.1, 0.15) is 19.4 Å².